The Morgan fingerprint density at radius 2 is 2.23 bits per heavy atom. The number of nitrogens with one attached hydrogen (secondary N) is 1. The third-order valence-electron chi connectivity index (χ3n) is 5.05. The van der Waals surface area contributed by atoms with Gasteiger partial charge in [-0.05, 0) is 52.2 Å². The Kier molecular flexibility index (Phi) is 4.34. The highest BCUT2D eigenvalue weighted by molar-refractivity contribution is 9.11. The van der Waals surface area contributed by atoms with E-state index in [-0.39, 0.29) is 23.0 Å². The van der Waals surface area contributed by atoms with Crippen molar-refractivity contribution in [2.45, 2.75) is 32.6 Å². The summed E-state index contributed by atoms with van der Waals surface area (Å²) < 4.78 is 1.40. The number of hydrogen-bond acceptors (Lipinski definition) is 3. The summed E-state index contributed by atoms with van der Waals surface area (Å²) in [5.74, 6) is 0.715. The van der Waals surface area contributed by atoms with Crippen molar-refractivity contribution < 1.29 is 9.90 Å². The fourth-order valence-electron chi connectivity index (χ4n) is 3.77. The Morgan fingerprint density at radius 1 is 1.45 bits per heavy atom. The molecule has 0 heterocycles. The number of phenols is 1. The molecule has 0 aromatic heterocycles. The van der Waals surface area contributed by atoms with Crippen LogP contribution in [0.3, 0.4) is 0 Å². The molecule has 118 valence electrons. The van der Waals surface area contributed by atoms with Crippen LogP contribution in [0, 0.1) is 17.3 Å². The highest BCUT2D eigenvalue weighted by Crippen LogP contribution is 2.66. The Balaban J connectivity index is 1.65. The maximum atomic E-state index is 12.3. The van der Waals surface area contributed by atoms with Gasteiger partial charge in [-0.3, -0.25) is 4.79 Å². The van der Waals surface area contributed by atoms with E-state index in [0.717, 1.165) is 17.3 Å². The summed E-state index contributed by atoms with van der Waals surface area (Å²) in [4.78, 5) is 12.3. The van der Waals surface area contributed by atoms with Gasteiger partial charge in [-0.15, -0.1) is 0 Å². The van der Waals surface area contributed by atoms with Gasteiger partial charge in [0.2, 0.25) is 5.91 Å². The predicted octanol–water partition coefficient (Wildman–Crippen LogP) is 4.19. The van der Waals surface area contributed by atoms with E-state index in [1.54, 1.807) is 12.1 Å². The molecular weight excluding hydrogens is 412 g/mol. The maximum Gasteiger partial charge on any atom is 0.244 e. The van der Waals surface area contributed by atoms with Gasteiger partial charge in [0, 0.05) is 16.0 Å². The van der Waals surface area contributed by atoms with Gasteiger partial charge in [-0.1, -0.05) is 35.7 Å². The second-order valence-corrected chi connectivity index (χ2v) is 8.17. The zero-order valence-electron chi connectivity index (χ0n) is 12.3. The number of phenolic OH excluding ortho intramolecular Hbond substituents is 1. The van der Waals surface area contributed by atoms with Gasteiger partial charge in [0.1, 0.15) is 5.75 Å². The van der Waals surface area contributed by atoms with Gasteiger partial charge in [0.15, 0.2) is 0 Å². The van der Waals surface area contributed by atoms with Crippen molar-refractivity contribution in [1.82, 2.24) is 5.43 Å². The van der Waals surface area contributed by atoms with E-state index in [0.29, 0.717) is 16.0 Å². The lowest BCUT2D eigenvalue weighted by molar-refractivity contribution is -0.123. The molecule has 2 saturated carbocycles. The summed E-state index contributed by atoms with van der Waals surface area (Å²) >= 11 is 6.63. The highest BCUT2D eigenvalue weighted by Gasteiger charge is 2.64. The molecule has 2 aliphatic carbocycles. The summed E-state index contributed by atoms with van der Waals surface area (Å²) in [6.07, 6.45) is 6.21. The number of benzene rings is 1. The lowest BCUT2D eigenvalue weighted by Crippen LogP contribution is -2.22. The minimum atomic E-state index is -0.000739. The molecule has 2 aliphatic rings. The topological polar surface area (TPSA) is 61.7 Å². The van der Waals surface area contributed by atoms with Gasteiger partial charge in [0.05, 0.1) is 10.7 Å². The number of hydrogen-bond donors (Lipinski definition) is 2. The smallest absolute Gasteiger partial charge is 0.244 e. The molecule has 1 aromatic rings. The van der Waals surface area contributed by atoms with Crippen LogP contribution in [0.1, 0.15) is 38.2 Å². The van der Waals surface area contributed by atoms with Crippen LogP contribution in [0.15, 0.2) is 26.2 Å². The van der Waals surface area contributed by atoms with Crippen LogP contribution in [-0.2, 0) is 4.79 Å². The van der Waals surface area contributed by atoms with Gasteiger partial charge in [-0.25, -0.2) is 5.43 Å². The fraction of sp³-hybridized carbons (Fsp3) is 0.500. The first-order chi connectivity index (χ1) is 10.4. The molecule has 0 aliphatic heterocycles. The van der Waals surface area contributed by atoms with E-state index in [1.165, 1.54) is 19.1 Å². The molecule has 0 radical (unpaired) electrons. The van der Waals surface area contributed by atoms with E-state index in [2.05, 4.69) is 49.3 Å². The van der Waals surface area contributed by atoms with Crippen molar-refractivity contribution in [3.8, 4) is 5.75 Å². The number of aromatic hydroxyl groups is 1. The number of nitrogens with zero attached hydrogens (tertiary/aromatic N) is 1. The van der Waals surface area contributed by atoms with Crippen LogP contribution in [-0.4, -0.2) is 17.2 Å². The van der Waals surface area contributed by atoms with E-state index >= 15 is 0 Å². The highest BCUT2D eigenvalue weighted by atomic mass is 79.9. The van der Waals surface area contributed by atoms with E-state index in [4.69, 9.17) is 0 Å². The molecule has 6 heteroatoms. The zero-order valence-corrected chi connectivity index (χ0v) is 15.4. The first-order valence-corrected chi connectivity index (χ1v) is 9.03. The number of rotatable bonds is 3. The van der Waals surface area contributed by atoms with Crippen LogP contribution in [0.4, 0.5) is 0 Å². The Morgan fingerprint density at radius 3 is 2.91 bits per heavy atom. The summed E-state index contributed by atoms with van der Waals surface area (Å²) in [6, 6.07) is 3.49. The summed E-state index contributed by atoms with van der Waals surface area (Å²) in [7, 11) is 0. The second kappa shape index (κ2) is 5.96. The standard InChI is InChI=1S/C16H18Br2N2O2/c1-16-5-3-2-4-11(16)13(16)15(22)20-19-8-9-6-10(17)7-12(18)14(9)21/h6-8,11,13,21H,2-5H2,1H3,(H,20,22)/b19-8-/t11-,13-,16-/m0/s1. The molecule has 0 bridgehead atoms. The molecule has 0 spiro atoms. The lowest BCUT2D eigenvalue weighted by atomic mass is 9.90. The average Bonchev–Trinajstić information content (AvgIpc) is 3.09. The molecule has 2 fully saturated rings. The van der Waals surface area contributed by atoms with Crippen LogP contribution in [0.2, 0.25) is 0 Å². The number of carbonyl (C=O) groups is 1. The van der Waals surface area contributed by atoms with Crippen molar-refractivity contribution in [3.63, 3.8) is 0 Å². The Labute approximate surface area is 146 Å². The molecule has 3 atom stereocenters. The van der Waals surface area contributed by atoms with Crippen LogP contribution in [0.25, 0.3) is 0 Å². The minimum absolute atomic E-state index is 0.000739. The monoisotopic (exact) mass is 428 g/mol. The Hall–Kier alpha value is -0.880. The largest absolute Gasteiger partial charge is 0.506 e. The third-order valence-corrected chi connectivity index (χ3v) is 6.11. The molecule has 0 saturated heterocycles. The average molecular weight is 430 g/mol. The molecular formula is C16H18Br2N2O2. The van der Waals surface area contributed by atoms with Crippen molar-refractivity contribution in [1.29, 1.82) is 0 Å². The number of carbonyl (C=O) groups excluding carboxylic acids is 1. The SMILES string of the molecule is C[C@]12CCCC[C@H]1[C@H]2C(=O)N/N=C\c1cc(Br)cc(Br)c1O. The summed E-state index contributed by atoms with van der Waals surface area (Å²) in [6.45, 7) is 2.21. The number of hydrazone groups is 1. The quantitative estimate of drug-likeness (QED) is 0.558. The van der Waals surface area contributed by atoms with Gasteiger partial charge in [0.25, 0.3) is 0 Å². The lowest BCUT2D eigenvalue weighted by Gasteiger charge is -2.15. The number of halogens is 2. The molecule has 22 heavy (non-hydrogen) atoms. The number of amides is 1. The molecule has 3 rings (SSSR count). The molecule has 4 nitrogen and oxygen atoms in total. The molecule has 1 aromatic carbocycles. The second-order valence-electron chi connectivity index (χ2n) is 6.40. The molecule has 0 unspecified atom stereocenters. The van der Waals surface area contributed by atoms with E-state index < -0.39 is 0 Å². The first-order valence-electron chi connectivity index (χ1n) is 7.44. The van der Waals surface area contributed by atoms with Crippen molar-refractivity contribution in [3.05, 3.63) is 26.6 Å². The summed E-state index contributed by atoms with van der Waals surface area (Å²) in [5, 5.41) is 14.0. The van der Waals surface area contributed by atoms with Gasteiger partial charge >= 0.3 is 0 Å². The third kappa shape index (κ3) is 2.83. The van der Waals surface area contributed by atoms with Crippen LogP contribution < -0.4 is 5.43 Å². The maximum absolute atomic E-state index is 12.3. The minimum Gasteiger partial charge on any atom is -0.506 e. The normalized spacial score (nSPS) is 30.1. The van der Waals surface area contributed by atoms with Crippen LogP contribution >= 0.6 is 31.9 Å². The first kappa shape index (κ1) is 16.0. The molecule has 2 N–H and O–H groups in total. The summed E-state index contributed by atoms with van der Waals surface area (Å²) in [5.41, 5.74) is 3.35. The van der Waals surface area contributed by atoms with Gasteiger partial charge in [-0.2, -0.15) is 5.10 Å². The zero-order chi connectivity index (χ0) is 15.9. The van der Waals surface area contributed by atoms with E-state index in [9.17, 15) is 9.90 Å². The van der Waals surface area contributed by atoms with E-state index in [1.807, 2.05) is 0 Å². The van der Waals surface area contributed by atoms with Crippen LogP contribution in [0.5, 0.6) is 5.75 Å². The number of fused-ring (bicyclic) bond motifs is 1. The fourth-order valence-corrected chi connectivity index (χ4v) is 5.03. The van der Waals surface area contributed by atoms with Crippen molar-refractivity contribution >= 4 is 44.0 Å². The van der Waals surface area contributed by atoms with Crippen molar-refractivity contribution in [2.24, 2.45) is 22.4 Å². The predicted molar refractivity (Wildman–Crippen MR) is 92.8 cm³/mol. The molecule has 1 amide bonds. The van der Waals surface area contributed by atoms with Gasteiger partial charge < -0.3 is 5.11 Å². The Bertz CT molecular complexity index is 647. The van der Waals surface area contributed by atoms with Crippen molar-refractivity contribution in [2.75, 3.05) is 0 Å².